The Hall–Kier alpha value is -2.27. The van der Waals surface area contributed by atoms with E-state index in [-0.39, 0.29) is 0 Å². The van der Waals surface area contributed by atoms with Gasteiger partial charge in [-0.05, 0) is 49.8 Å². The molecular formula is C15H14N4S. The van der Waals surface area contributed by atoms with E-state index < -0.39 is 0 Å². The Morgan fingerprint density at radius 2 is 2.00 bits per heavy atom. The lowest BCUT2D eigenvalue weighted by molar-refractivity contribution is 1.01. The molecule has 1 aromatic carbocycles. The lowest BCUT2D eigenvalue weighted by atomic mass is 10.1. The average Bonchev–Trinajstić information content (AvgIpc) is 2.82. The molecule has 0 atom stereocenters. The van der Waals surface area contributed by atoms with Crippen molar-refractivity contribution in [3.05, 3.63) is 58.5 Å². The number of H-pyrrole nitrogens is 1. The molecule has 0 aliphatic carbocycles. The van der Waals surface area contributed by atoms with Crippen LogP contribution in [0.3, 0.4) is 0 Å². The first kappa shape index (κ1) is 12.7. The first-order chi connectivity index (χ1) is 9.66. The van der Waals surface area contributed by atoms with E-state index in [4.69, 9.17) is 12.2 Å². The standard InChI is InChI=1S/C15H14N4S/c1-10-6-7-13(11(2)9-10)19-14(17-18-15(19)20)12-5-3-4-8-16-12/h3-9H,1-2H3,(H,18,20). The molecule has 5 heteroatoms. The molecule has 0 saturated carbocycles. The smallest absolute Gasteiger partial charge is 0.200 e. The molecule has 20 heavy (non-hydrogen) atoms. The molecule has 0 radical (unpaired) electrons. The van der Waals surface area contributed by atoms with E-state index in [0.29, 0.717) is 4.77 Å². The van der Waals surface area contributed by atoms with Crippen LogP contribution in [-0.2, 0) is 0 Å². The van der Waals surface area contributed by atoms with Crippen LogP contribution < -0.4 is 0 Å². The van der Waals surface area contributed by atoms with Crippen molar-refractivity contribution in [2.24, 2.45) is 0 Å². The van der Waals surface area contributed by atoms with Gasteiger partial charge in [0.1, 0.15) is 5.69 Å². The Balaban J connectivity index is 2.25. The number of hydrogen-bond donors (Lipinski definition) is 1. The molecule has 100 valence electrons. The molecule has 3 aromatic rings. The normalized spacial score (nSPS) is 10.7. The molecule has 0 unspecified atom stereocenters. The van der Waals surface area contributed by atoms with Gasteiger partial charge >= 0.3 is 0 Å². The zero-order valence-electron chi connectivity index (χ0n) is 11.3. The highest BCUT2D eigenvalue weighted by Gasteiger charge is 2.13. The number of hydrogen-bond acceptors (Lipinski definition) is 3. The first-order valence-electron chi connectivity index (χ1n) is 6.33. The minimum absolute atomic E-state index is 0.567. The molecule has 4 nitrogen and oxygen atoms in total. The highest BCUT2D eigenvalue weighted by molar-refractivity contribution is 7.71. The maximum atomic E-state index is 5.36. The van der Waals surface area contributed by atoms with E-state index in [0.717, 1.165) is 22.8 Å². The molecule has 0 aliphatic rings. The summed E-state index contributed by atoms with van der Waals surface area (Å²) in [6.07, 6.45) is 1.75. The van der Waals surface area contributed by atoms with Gasteiger partial charge in [0.15, 0.2) is 10.6 Å². The maximum Gasteiger partial charge on any atom is 0.200 e. The van der Waals surface area contributed by atoms with Gasteiger partial charge in [-0.15, -0.1) is 0 Å². The monoisotopic (exact) mass is 282 g/mol. The number of aromatic amines is 1. The van der Waals surface area contributed by atoms with Gasteiger partial charge in [0, 0.05) is 6.20 Å². The number of aryl methyl sites for hydroxylation is 2. The van der Waals surface area contributed by atoms with Crippen molar-refractivity contribution >= 4 is 12.2 Å². The van der Waals surface area contributed by atoms with Crippen LogP contribution in [0.1, 0.15) is 11.1 Å². The summed E-state index contributed by atoms with van der Waals surface area (Å²) in [5.74, 6) is 0.725. The summed E-state index contributed by atoms with van der Waals surface area (Å²) in [5.41, 5.74) is 4.19. The van der Waals surface area contributed by atoms with Crippen LogP contribution in [0.15, 0.2) is 42.6 Å². The van der Waals surface area contributed by atoms with Crippen LogP contribution in [0.4, 0.5) is 0 Å². The second kappa shape index (κ2) is 5.02. The van der Waals surface area contributed by atoms with Crippen LogP contribution in [0.25, 0.3) is 17.2 Å². The average molecular weight is 282 g/mol. The molecule has 2 heterocycles. The van der Waals surface area contributed by atoms with Crippen molar-refractivity contribution in [2.75, 3.05) is 0 Å². The zero-order valence-corrected chi connectivity index (χ0v) is 12.1. The van der Waals surface area contributed by atoms with E-state index >= 15 is 0 Å². The largest absolute Gasteiger partial charge is 0.267 e. The number of rotatable bonds is 2. The Bertz CT molecular complexity index is 802. The number of nitrogens with zero attached hydrogens (tertiary/aromatic N) is 3. The van der Waals surface area contributed by atoms with E-state index in [1.807, 2.05) is 22.8 Å². The molecule has 1 N–H and O–H groups in total. The van der Waals surface area contributed by atoms with Gasteiger partial charge in [-0.1, -0.05) is 23.8 Å². The van der Waals surface area contributed by atoms with Gasteiger partial charge in [0.25, 0.3) is 0 Å². The van der Waals surface area contributed by atoms with Gasteiger partial charge in [-0.2, -0.15) is 5.10 Å². The van der Waals surface area contributed by atoms with Crippen molar-refractivity contribution in [1.29, 1.82) is 0 Å². The summed E-state index contributed by atoms with van der Waals surface area (Å²) in [6, 6.07) is 12.0. The van der Waals surface area contributed by atoms with Crippen molar-refractivity contribution in [2.45, 2.75) is 13.8 Å². The molecule has 0 bridgehead atoms. The zero-order chi connectivity index (χ0) is 14.1. The van der Waals surface area contributed by atoms with Crippen molar-refractivity contribution < 1.29 is 0 Å². The molecule has 3 rings (SSSR count). The van der Waals surface area contributed by atoms with Crippen LogP contribution in [0.5, 0.6) is 0 Å². The third-order valence-electron chi connectivity index (χ3n) is 3.16. The van der Waals surface area contributed by atoms with Gasteiger partial charge in [0.2, 0.25) is 0 Å². The third-order valence-corrected chi connectivity index (χ3v) is 3.43. The molecule has 0 amide bonds. The van der Waals surface area contributed by atoms with Gasteiger partial charge < -0.3 is 0 Å². The van der Waals surface area contributed by atoms with Gasteiger partial charge in [0.05, 0.1) is 5.69 Å². The quantitative estimate of drug-likeness (QED) is 0.730. The lowest BCUT2D eigenvalue weighted by Crippen LogP contribution is -2.01. The van der Waals surface area contributed by atoms with Crippen LogP contribution in [0.2, 0.25) is 0 Å². The Kier molecular flexibility index (Phi) is 3.20. The molecule has 2 aromatic heterocycles. The predicted octanol–water partition coefficient (Wildman–Crippen LogP) is 3.61. The Morgan fingerprint density at radius 3 is 2.70 bits per heavy atom. The first-order valence-corrected chi connectivity index (χ1v) is 6.74. The number of aromatic nitrogens is 4. The minimum atomic E-state index is 0.567. The van der Waals surface area contributed by atoms with E-state index in [9.17, 15) is 0 Å². The summed E-state index contributed by atoms with van der Waals surface area (Å²) in [6.45, 7) is 4.14. The predicted molar refractivity (Wildman–Crippen MR) is 81.5 cm³/mol. The number of nitrogens with one attached hydrogen (secondary N) is 1. The van der Waals surface area contributed by atoms with Gasteiger partial charge in [-0.3, -0.25) is 14.6 Å². The van der Waals surface area contributed by atoms with Crippen molar-refractivity contribution in [3.8, 4) is 17.2 Å². The molecule has 0 spiro atoms. The third kappa shape index (κ3) is 2.16. The molecular weight excluding hydrogens is 268 g/mol. The SMILES string of the molecule is Cc1ccc(-n2c(-c3ccccn3)n[nH]c2=S)c(C)c1. The van der Waals surface area contributed by atoms with E-state index in [1.165, 1.54) is 5.56 Å². The Morgan fingerprint density at radius 1 is 1.15 bits per heavy atom. The van der Waals surface area contributed by atoms with Gasteiger partial charge in [-0.25, -0.2) is 0 Å². The molecule has 0 fully saturated rings. The van der Waals surface area contributed by atoms with E-state index in [1.54, 1.807) is 6.20 Å². The summed E-state index contributed by atoms with van der Waals surface area (Å²) in [4.78, 5) is 4.35. The maximum absolute atomic E-state index is 5.36. The second-order valence-corrected chi connectivity index (χ2v) is 5.08. The molecule has 0 aliphatic heterocycles. The summed E-state index contributed by atoms with van der Waals surface area (Å²) < 4.78 is 2.49. The number of pyridine rings is 1. The second-order valence-electron chi connectivity index (χ2n) is 4.69. The van der Waals surface area contributed by atoms with Crippen LogP contribution in [-0.4, -0.2) is 19.7 Å². The highest BCUT2D eigenvalue weighted by Crippen LogP contribution is 2.22. The highest BCUT2D eigenvalue weighted by atomic mass is 32.1. The minimum Gasteiger partial charge on any atom is -0.267 e. The Labute approximate surface area is 122 Å². The fourth-order valence-electron chi connectivity index (χ4n) is 2.24. The summed E-state index contributed by atoms with van der Waals surface area (Å²) >= 11 is 5.36. The van der Waals surface area contributed by atoms with Crippen LogP contribution >= 0.6 is 12.2 Å². The topological polar surface area (TPSA) is 46.5 Å². The summed E-state index contributed by atoms with van der Waals surface area (Å²) in [5, 5.41) is 7.16. The lowest BCUT2D eigenvalue weighted by Gasteiger charge is -2.10. The number of benzene rings is 1. The van der Waals surface area contributed by atoms with Crippen molar-refractivity contribution in [1.82, 2.24) is 19.7 Å². The van der Waals surface area contributed by atoms with Crippen LogP contribution in [0, 0.1) is 18.6 Å². The van der Waals surface area contributed by atoms with Crippen molar-refractivity contribution in [3.63, 3.8) is 0 Å². The van der Waals surface area contributed by atoms with E-state index in [2.05, 4.69) is 47.2 Å². The fourth-order valence-corrected chi connectivity index (χ4v) is 2.47. The molecule has 0 saturated heterocycles. The summed E-state index contributed by atoms with van der Waals surface area (Å²) in [7, 11) is 0. The fraction of sp³-hybridized carbons (Fsp3) is 0.133.